The van der Waals surface area contributed by atoms with Gasteiger partial charge in [0, 0.05) is 43.2 Å². The molecular weight excluding hydrogens is 792 g/mol. The molecule has 0 N–H and O–H groups in total. The third-order valence-corrected chi connectivity index (χ3v) is 13.0. The van der Waals surface area contributed by atoms with Gasteiger partial charge in [-0.05, 0) is 72.0 Å². The lowest BCUT2D eigenvalue weighted by Gasteiger charge is -2.22. The molecule has 12 heteroatoms. The van der Waals surface area contributed by atoms with Crippen molar-refractivity contribution >= 4 is 99.9 Å². The number of ether oxygens (including phenoxy) is 2. The molecule has 0 bridgehead atoms. The average molecular weight is 826 g/mol. The summed E-state index contributed by atoms with van der Waals surface area (Å²) in [5, 5.41) is 6.55. The molecule has 278 valence electrons. The molecule has 55 heavy (non-hydrogen) atoms. The molecule has 0 unspecified atom stereocenters. The lowest BCUT2D eigenvalue weighted by Crippen LogP contribution is -2.38. The van der Waals surface area contributed by atoms with E-state index in [1.165, 1.54) is 6.07 Å². The minimum absolute atomic E-state index is 0.264. The highest BCUT2D eigenvalue weighted by molar-refractivity contribution is 8.03. The van der Waals surface area contributed by atoms with Crippen LogP contribution in [0.25, 0.3) is 37.8 Å². The first-order chi connectivity index (χ1) is 26.7. The maximum atomic E-state index is 11.9. The van der Waals surface area contributed by atoms with Crippen LogP contribution in [0.2, 0.25) is 10.0 Å². The molecule has 2 heterocycles. The molecule has 0 saturated heterocycles. The maximum absolute atomic E-state index is 11.9. The first kappa shape index (κ1) is 37.4. The number of aromatic nitrogens is 1. The number of rotatable bonds is 12. The highest BCUT2D eigenvalue weighted by atomic mass is 35.5. The van der Waals surface area contributed by atoms with E-state index in [1.54, 1.807) is 53.4 Å². The predicted molar refractivity (Wildman–Crippen MR) is 225 cm³/mol. The number of nitrogens with zero attached hydrogens (tertiary/aromatic N) is 2. The zero-order valence-electron chi connectivity index (χ0n) is 29.6. The normalized spacial score (nSPS) is 14.0. The Morgan fingerprint density at radius 1 is 0.818 bits per heavy atom. The fourth-order valence-corrected chi connectivity index (χ4v) is 10.1. The highest BCUT2D eigenvalue weighted by Crippen LogP contribution is 2.47. The van der Waals surface area contributed by atoms with Gasteiger partial charge in [0.25, 0.3) is 5.01 Å². The summed E-state index contributed by atoms with van der Waals surface area (Å²) in [7, 11) is -4.65. The second kappa shape index (κ2) is 15.9. The number of anilines is 1. The predicted octanol–water partition coefficient (Wildman–Crippen LogP) is 11.1. The van der Waals surface area contributed by atoms with Crippen molar-refractivity contribution in [3.05, 3.63) is 147 Å². The number of thiazole rings is 1. The zero-order chi connectivity index (χ0) is 38.1. The summed E-state index contributed by atoms with van der Waals surface area (Å²) in [5.41, 5.74) is 3.17. The summed E-state index contributed by atoms with van der Waals surface area (Å²) in [6.45, 7) is 4.03. The van der Waals surface area contributed by atoms with Crippen LogP contribution >= 0.6 is 46.3 Å². The lowest BCUT2D eigenvalue weighted by molar-refractivity contribution is -0.669. The van der Waals surface area contributed by atoms with Crippen molar-refractivity contribution in [2.75, 3.05) is 24.7 Å². The van der Waals surface area contributed by atoms with E-state index in [4.69, 9.17) is 32.7 Å². The number of hydrogen-bond acceptors (Lipinski definition) is 8. The van der Waals surface area contributed by atoms with E-state index in [1.807, 2.05) is 54.6 Å². The van der Waals surface area contributed by atoms with Crippen molar-refractivity contribution in [2.45, 2.75) is 29.7 Å². The third kappa shape index (κ3) is 7.94. The smallest absolute Gasteiger partial charge is 0.263 e. The molecule has 1 aromatic heterocycles. The van der Waals surface area contributed by atoms with E-state index in [0.717, 1.165) is 59.4 Å². The summed E-state index contributed by atoms with van der Waals surface area (Å²) in [5.74, 6) is 1.36. The van der Waals surface area contributed by atoms with Gasteiger partial charge in [0.15, 0.2) is 6.54 Å². The van der Waals surface area contributed by atoms with Crippen LogP contribution in [-0.4, -0.2) is 32.7 Å². The summed E-state index contributed by atoms with van der Waals surface area (Å²) in [6.07, 6.45) is 5.25. The van der Waals surface area contributed by atoms with E-state index in [0.29, 0.717) is 46.3 Å². The SMILES string of the molecule is CCC(=Cc1sc2ccc(Cl)cc2[n+]1CCOc1cccc2ccccc12)C=C1Sc2ccc(Cl)cc2N1CCOc1ccc(S(=O)(=O)[O-])c2ccccc12. The van der Waals surface area contributed by atoms with Crippen LogP contribution in [0.3, 0.4) is 0 Å². The van der Waals surface area contributed by atoms with Crippen LogP contribution in [0.1, 0.15) is 18.4 Å². The minimum Gasteiger partial charge on any atom is -0.744 e. The molecule has 1 aliphatic rings. The molecule has 0 amide bonds. The Morgan fingerprint density at radius 2 is 1.53 bits per heavy atom. The second-order valence-corrected chi connectivity index (χ2v) is 17.2. The fourth-order valence-electron chi connectivity index (χ4n) is 6.79. The quantitative estimate of drug-likeness (QED) is 0.0896. The Labute approximate surface area is 337 Å². The van der Waals surface area contributed by atoms with Crippen molar-refractivity contribution in [2.24, 2.45) is 0 Å². The summed E-state index contributed by atoms with van der Waals surface area (Å²) in [4.78, 5) is 3.02. The van der Waals surface area contributed by atoms with Gasteiger partial charge in [-0.1, -0.05) is 114 Å². The highest BCUT2D eigenvalue weighted by Gasteiger charge is 2.27. The lowest BCUT2D eigenvalue weighted by atomic mass is 10.1. The molecule has 7 aromatic rings. The van der Waals surface area contributed by atoms with Gasteiger partial charge in [0.1, 0.15) is 39.5 Å². The molecular formula is C43H34Cl2N2O5S3. The molecule has 8 rings (SSSR count). The Kier molecular flexibility index (Phi) is 10.8. The van der Waals surface area contributed by atoms with Gasteiger partial charge in [0.2, 0.25) is 5.52 Å². The number of fused-ring (bicyclic) bond motifs is 4. The number of hydrogen-bond donors (Lipinski definition) is 0. The van der Waals surface area contributed by atoms with Crippen LogP contribution < -0.4 is 18.9 Å². The third-order valence-electron chi connectivity index (χ3n) is 9.42. The Balaban J connectivity index is 1.08. The van der Waals surface area contributed by atoms with E-state index >= 15 is 0 Å². The standard InChI is InChI=1S/C43H34Cl2N2O5S3/c1-2-28(24-42-46(35-26-30(44)14-17-39(35)53-42)20-22-51-37-13-7-9-29-8-3-4-10-32(29)37)25-43-47(36-27-31(45)15-18-40(36)54-43)21-23-52-38-16-19-41(55(48,49)50)34-12-6-5-11-33(34)38/h3-19,24-27H,2,20-23H2,1H3. The van der Waals surface area contributed by atoms with Gasteiger partial charge >= 0.3 is 0 Å². The van der Waals surface area contributed by atoms with Crippen LogP contribution in [0.15, 0.2) is 142 Å². The molecule has 0 radical (unpaired) electrons. The van der Waals surface area contributed by atoms with Crippen LogP contribution in [0.4, 0.5) is 5.69 Å². The Morgan fingerprint density at radius 3 is 2.35 bits per heavy atom. The number of benzene rings is 6. The molecule has 0 aliphatic carbocycles. The average Bonchev–Trinajstić information content (AvgIpc) is 3.69. The summed E-state index contributed by atoms with van der Waals surface area (Å²) in [6, 6.07) is 36.0. The first-order valence-electron chi connectivity index (χ1n) is 17.7. The largest absolute Gasteiger partial charge is 0.744 e. The monoisotopic (exact) mass is 824 g/mol. The van der Waals surface area contributed by atoms with E-state index in [-0.39, 0.29) is 11.5 Å². The van der Waals surface area contributed by atoms with Crippen LogP contribution in [0, 0.1) is 0 Å². The van der Waals surface area contributed by atoms with Crippen molar-refractivity contribution in [3.8, 4) is 11.5 Å². The number of halogens is 2. The molecule has 0 spiro atoms. The van der Waals surface area contributed by atoms with Gasteiger partial charge in [-0.2, -0.15) is 4.57 Å². The van der Waals surface area contributed by atoms with Crippen LogP contribution in [0.5, 0.6) is 11.5 Å². The van der Waals surface area contributed by atoms with Gasteiger partial charge in [-0.3, -0.25) is 0 Å². The molecule has 0 fully saturated rings. The van der Waals surface area contributed by atoms with Gasteiger partial charge in [0.05, 0.1) is 22.2 Å². The van der Waals surface area contributed by atoms with Gasteiger partial charge in [-0.15, -0.1) is 0 Å². The fraction of sp³-hybridized carbons (Fsp3) is 0.140. The van der Waals surface area contributed by atoms with E-state index < -0.39 is 10.1 Å². The van der Waals surface area contributed by atoms with Gasteiger partial charge < -0.3 is 18.9 Å². The van der Waals surface area contributed by atoms with Gasteiger partial charge in [-0.25, -0.2) is 8.42 Å². The Hall–Kier alpha value is -4.55. The minimum atomic E-state index is -4.65. The maximum Gasteiger partial charge on any atom is 0.263 e. The molecule has 6 aromatic carbocycles. The second-order valence-electron chi connectivity index (χ2n) is 12.9. The Bertz CT molecular complexity index is 2760. The molecule has 0 saturated carbocycles. The van der Waals surface area contributed by atoms with Crippen LogP contribution in [-0.2, 0) is 16.7 Å². The van der Waals surface area contributed by atoms with Crippen molar-refractivity contribution in [1.82, 2.24) is 0 Å². The number of thioether (sulfide) groups is 1. The summed E-state index contributed by atoms with van der Waals surface area (Å²) < 4.78 is 51.9. The van der Waals surface area contributed by atoms with Crippen molar-refractivity contribution in [3.63, 3.8) is 0 Å². The number of allylic oxidation sites excluding steroid dienone is 2. The molecule has 0 atom stereocenters. The molecule has 7 nitrogen and oxygen atoms in total. The topological polar surface area (TPSA) is 82.8 Å². The zero-order valence-corrected chi connectivity index (χ0v) is 33.5. The van der Waals surface area contributed by atoms with E-state index in [2.05, 4.69) is 52.8 Å². The molecule has 1 aliphatic heterocycles. The first-order valence-corrected chi connectivity index (χ1v) is 21.5. The summed E-state index contributed by atoms with van der Waals surface area (Å²) >= 11 is 16.4. The van der Waals surface area contributed by atoms with E-state index in [9.17, 15) is 13.0 Å². The van der Waals surface area contributed by atoms with Crippen molar-refractivity contribution in [1.29, 1.82) is 0 Å². The van der Waals surface area contributed by atoms with Crippen molar-refractivity contribution < 1.29 is 27.0 Å².